The van der Waals surface area contributed by atoms with E-state index in [9.17, 15) is 5.11 Å². The summed E-state index contributed by atoms with van der Waals surface area (Å²) in [4.78, 5) is 0. The van der Waals surface area contributed by atoms with Gasteiger partial charge in [-0.1, -0.05) is 39.0 Å². The first-order valence-corrected chi connectivity index (χ1v) is 4.26. The molecule has 2 heteroatoms. The summed E-state index contributed by atoms with van der Waals surface area (Å²) < 4.78 is 0. The van der Waals surface area contributed by atoms with Gasteiger partial charge in [0.15, 0.2) is 0 Å². The Hall–Kier alpha value is -0.214. The Labute approximate surface area is 96.3 Å². The zero-order valence-electron chi connectivity index (χ0n) is 8.67. The molecule has 0 aliphatic rings. The van der Waals surface area contributed by atoms with Crippen LogP contribution in [0.15, 0.2) is 24.3 Å². The van der Waals surface area contributed by atoms with Gasteiger partial charge >= 0.3 is 0 Å². The van der Waals surface area contributed by atoms with Gasteiger partial charge in [0.05, 0.1) is 0 Å². The van der Waals surface area contributed by atoms with Crippen LogP contribution in [0.5, 0.6) is 5.75 Å². The number of benzene rings is 1. The second-order valence-electron chi connectivity index (χ2n) is 4.37. The molecule has 2 radical (unpaired) electrons. The smallest absolute Gasteiger partial charge is 0.118 e. The number of phenolic OH excluding ortho intramolecular Hbond substituents is 1. The first kappa shape index (κ1) is 12.8. The molecule has 0 aromatic heterocycles. The highest BCUT2D eigenvalue weighted by atomic mass is 24.3. The van der Waals surface area contributed by atoms with E-state index in [4.69, 9.17) is 0 Å². The lowest BCUT2D eigenvalue weighted by atomic mass is 9.88. The predicted octanol–water partition coefficient (Wildman–Crippen LogP) is 2.60. The molecule has 0 aliphatic heterocycles. The van der Waals surface area contributed by atoms with Crippen LogP contribution in [0.2, 0.25) is 0 Å². The molecule has 1 aromatic carbocycles. The number of hydrogen-bond donors (Lipinski definition) is 1. The number of rotatable bonds is 1. The molecule has 0 saturated heterocycles. The highest BCUT2D eigenvalue weighted by Crippen LogP contribution is 2.25. The summed E-state index contributed by atoms with van der Waals surface area (Å²) in [6, 6.07) is 7.52. The Morgan fingerprint density at radius 1 is 1.15 bits per heavy atom. The van der Waals surface area contributed by atoms with Gasteiger partial charge in [0.1, 0.15) is 5.75 Å². The first-order valence-electron chi connectivity index (χ1n) is 4.26. The van der Waals surface area contributed by atoms with E-state index in [1.54, 1.807) is 6.07 Å². The summed E-state index contributed by atoms with van der Waals surface area (Å²) in [5.74, 6) is 0.410. The summed E-state index contributed by atoms with van der Waals surface area (Å²) >= 11 is 0. The molecule has 68 valence electrons. The van der Waals surface area contributed by atoms with Crippen molar-refractivity contribution in [2.75, 3.05) is 0 Å². The Kier molecular flexibility index (Phi) is 4.79. The number of hydrogen-bond acceptors (Lipinski definition) is 1. The molecule has 1 aromatic rings. The second kappa shape index (κ2) is 4.87. The second-order valence-corrected chi connectivity index (χ2v) is 4.37. The lowest BCUT2D eigenvalue weighted by Crippen LogP contribution is -2.08. The largest absolute Gasteiger partial charge is 0.508 e. The van der Waals surface area contributed by atoms with Crippen LogP contribution < -0.4 is 0 Å². The van der Waals surface area contributed by atoms with Crippen LogP contribution in [0.4, 0.5) is 0 Å². The fraction of sp³-hybridized carbons (Fsp3) is 0.455. The van der Waals surface area contributed by atoms with Gasteiger partial charge in [-0.2, -0.15) is 0 Å². The van der Waals surface area contributed by atoms with Gasteiger partial charge in [-0.25, -0.2) is 0 Å². The normalized spacial score (nSPS) is 10.7. The lowest BCUT2D eigenvalue weighted by molar-refractivity contribution is 0.395. The van der Waals surface area contributed by atoms with Gasteiger partial charge in [-0.05, 0) is 23.5 Å². The average Bonchev–Trinajstić information content (AvgIpc) is 1.91. The molecule has 0 atom stereocenters. The van der Waals surface area contributed by atoms with E-state index < -0.39 is 0 Å². The van der Waals surface area contributed by atoms with Crippen molar-refractivity contribution in [2.24, 2.45) is 5.41 Å². The molecular weight excluding hydrogens is 172 g/mol. The van der Waals surface area contributed by atoms with Crippen molar-refractivity contribution >= 4 is 23.1 Å². The molecule has 0 unspecified atom stereocenters. The van der Waals surface area contributed by atoms with Crippen molar-refractivity contribution in [3.63, 3.8) is 0 Å². The SMILES string of the molecule is CC(C)(C)Cc1ccccc1O.[Mg]. The fourth-order valence-corrected chi connectivity index (χ4v) is 1.23. The Morgan fingerprint density at radius 2 is 1.69 bits per heavy atom. The van der Waals surface area contributed by atoms with E-state index in [0.717, 1.165) is 12.0 Å². The van der Waals surface area contributed by atoms with Gasteiger partial charge in [-0.15, -0.1) is 0 Å². The molecule has 0 saturated carbocycles. The summed E-state index contributed by atoms with van der Waals surface area (Å²) in [5.41, 5.74) is 1.27. The van der Waals surface area contributed by atoms with Crippen LogP contribution >= 0.6 is 0 Å². The highest BCUT2D eigenvalue weighted by Gasteiger charge is 2.12. The molecule has 13 heavy (non-hydrogen) atoms. The third-order valence-corrected chi connectivity index (χ3v) is 1.71. The Balaban J connectivity index is 0.00000144. The molecular formula is C11H16MgO. The van der Waals surface area contributed by atoms with Gasteiger partial charge < -0.3 is 5.11 Å². The van der Waals surface area contributed by atoms with Crippen LogP contribution in [-0.4, -0.2) is 28.2 Å². The zero-order chi connectivity index (χ0) is 9.19. The molecule has 0 spiro atoms. The van der Waals surface area contributed by atoms with Gasteiger partial charge in [-0.3, -0.25) is 0 Å². The number of para-hydroxylation sites is 1. The minimum atomic E-state index is 0. The van der Waals surface area contributed by atoms with Crippen LogP contribution in [0.25, 0.3) is 0 Å². The molecule has 0 bridgehead atoms. The maximum absolute atomic E-state index is 9.47. The molecule has 0 fully saturated rings. The standard InChI is InChI=1S/C11H16O.Mg/c1-11(2,3)8-9-6-4-5-7-10(9)12;/h4-7,12H,8H2,1-3H3;. The fourth-order valence-electron chi connectivity index (χ4n) is 1.23. The average molecular weight is 189 g/mol. The summed E-state index contributed by atoms with van der Waals surface area (Å²) in [6.45, 7) is 6.50. The lowest BCUT2D eigenvalue weighted by Gasteiger charge is -2.18. The van der Waals surface area contributed by atoms with E-state index in [2.05, 4.69) is 20.8 Å². The van der Waals surface area contributed by atoms with Gasteiger partial charge in [0.2, 0.25) is 0 Å². The van der Waals surface area contributed by atoms with E-state index in [0.29, 0.717) is 5.75 Å². The van der Waals surface area contributed by atoms with Crippen LogP contribution in [0.3, 0.4) is 0 Å². The maximum Gasteiger partial charge on any atom is 0.118 e. The quantitative estimate of drug-likeness (QED) is 0.672. The van der Waals surface area contributed by atoms with Crippen LogP contribution in [0.1, 0.15) is 26.3 Å². The molecule has 1 rings (SSSR count). The van der Waals surface area contributed by atoms with Crippen molar-refractivity contribution in [2.45, 2.75) is 27.2 Å². The predicted molar refractivity (Wildman–Crippen MR) is 57.0 cm³/mol. The molecule has 1 nitrogen and oxygen atoms in total. The topological polar surface area (TPSA) is 20.2 Å². The van der Waals surface area contributed by atoms with E-state index in [1.807, 2.05) is 18.2 Å². The maximum atomic E-state index is 9.47. The third kappa shape index (κ3) is 4.53. The van der Waals surface area contributed by atoms with Crippen molar-refractivity contribution in [1.82, 2.24) is 0 Å². The van der Waals surface area contributed by atoms with Gasteiger partial charge in [0, 0.05) is 23.1 Å². The summed E-state index contributed by atoms with van der Waals surface area (Å²) in [5, 5.41) is 9.47. The Bertz CT molecular complexity index is 263. The highest BCUT2D eigenvalue weighted by molar-refractivity contribution is 5.75. The van der Waals surface area contributed by atoms with Crippen LogP contribution in [-0.2, 0) is 6.42 Å². The molecule has 0 amide bonds. The minimum Gasteiger partial charge on any atom is -0.508 e. The minimum absolute atomic E-state index is 0. The molecule has 1 N–H and O–H groups in total. The number of aromatic hydroxyl groups is 1. The monoisotopic (exact) mass is 188 g/mol. The zero-order valence-corrected chi connectivity index (χ0v) is 10.1. The summed E-state index contributed by atoms with van der Waals surface area (Å²) in [7, 11) is 0. The van der Waals surface area contributed by atoms with Crippen LogP contribution in [0, 0.1) is 5.41 Å². The number of phenols is 1. The Morgan fingerprint density at radius 3 is 2.15 bits per heavy atom. The van der Waals surface area contributed by atoms with Crippen molar-refractivity contribution in [3.05, 3.63) is 29.8 Å². The van der Waals surface area contributed by atoms with Crippen molar-refractivity contribution in [3.8, 4) is 5.75 Å². The van der Waals surface area contributed by atoms with Gasteiger partial charge in [0.25, 0.3) is 0 Å². The van der Waals surface area contributed by atoms with Crippen molar-refractivity contribution in [1.29, 1.82) is 0 Å². The first-order chi connectivity index (χ1) is 5.49. The van der Waals surface area contributed by atoms with E-state index in [1.165, 1.54) is 0 Å². The molecule has 0 heterocycles. The van der Waals surface area contributed by atoms with Crippen molar-refractivity contribution < 1.29 is 5.11 Å². The summed E-state index contributed by atoms with van der Waals surface area (Å²) in [6.07, 6.45) is 0.916. The van der Waals surface area contributed by atoms with E-state index >= 15 is 0 Å². The van der Waals surface area contributed by atoms with E-state index in [-0.39, 0.29) is 28.5 Å². The third-order valence-electron chi connectivity index (χ3n) is 1.71. The molecule has 0 aliphatic carbocycles.